The summed E-state index contributed by atoms with van der Waals surface area (Å²) in [7, 11) is 3.51. The molecule has 0 saturated carbocycles. The number of nitrogens with zero attached hydrogens (tertiary/aromatic N) is 3. The molecule has 1 aliphatic rings. The highest BCUT2D eigenvalue weighted by atomic mass is 16.5. The van der Waals surface area contributed by atoms with Gasteiger partial charge in [0.25, 0.3) is 5.91 Å². The molecule has 22 heavy (non-hydrogen) atoms. The van der Waals surface area contributed by atoms with Gasteiger partial charge in [0.05, 0.1) is 7.11 Å². The van der Waals surface area contributed by atoms with Crippen molar-refractivity contribution in [2.75, 3.05) is 18.6 Å². The van der Waals surface area contributed by atoms with Crippen LogP contribution in [-0.4, -0.2) is 29.3 Å². The lowest BCUT2D eigenvalue weighted by Gasteiger charge is -2.29. The first kappa shape index (κ1) is 14.4. The summed E-state index contributed by atoms with van der Waals surface area (Å²) in [4.78, 5) is 14.1. The average molecular weight is 301 g/mol. The molecule has 0 unspecified atom stereocenters. The van der Waals surface area contributed by atoms with Gasteiger partial charge in [-0.05, 0) is 12.1 Å². The fraction of sp³-hybridized carbons (Fsp3) is 0.333. The van der Waals surface area contributed by atoms with Crippen molar-refractivity contribution in [1.29, 1.82) is 0 Å². The third kappa shape index (κ3) is 2.39. The van der Waals surface area contributed by atoms with E-state index in [1.165, 1.54) is 0 Å². The Morgan fingerprint density at radius 1 is 1.45 bits per heavy atom. The Labute approximate surface area is 128 Å². The number of nitrogens with two attached hydrogens (primary N) is 1. The molecule has 1 aromatic carbocycles. The van der Waals surface area contributed by atoms with E-state index in [0.29, 0.717) is 12.2 Å². The van der Waals surface area contributed by atoms with Crippen molar-refractivity contribution in [2.45, 2.75) is 13.0 Å². The van der Waals surface area contributed by atoms with Crippen LogP contribution < -0.4 is 20.9 Å². The molecule has 0 aliphatic carbocycles. The van der Waals surface area contributed by atoms with Crippen molar-refractivity contribution in [3.63, 3.8) is 0 Å². The number of methoxy groups -OCH3 is 1. The van der Waals surface area contributed by atoms with Crippen LogP contribution in [0.25, 0.3) is 0 Å². The molecule has 0 atom stereocenters. The number of carbonyl (C=O) groups is 1. The predicted octanol–water partition coefficient (Wildman–Crippen LogP) is 0.595. The van der Waals surface area contributed by atoms with Crippen LogP contribution in [0.5, 0.6) is 5.75 Å². The predicted molar refractivity (Wildman–Crippen MR) is 82.6 cm³/mol. The maximum Gasteiger partial charge on any atom is 0.286 e. The molecule has 0 spiro atoms. The van der Waals surface area contributed by atoms with Crippen LogP contribution in [0.3, 0.4) is 0 Å². The third-order valence-electron chi connectivity index (χ3n) is 4.01. The Morgan fingerprint density at radius 2 is 2.27 bits per heavy atom. The number of benzene rings is 1. The number of amides is 1. The number of ether oxygens (including phenoxy) is 1. The van der Waals surface area contributed by atoms with Gasteiger partial charge >= 0.3 is 0 Å². The van der Waals surface area contributed by atoms with Gasteiger partial charge in [-0.15, -0.1) is 0 Å². The molecule has 0 saturated heterocycles. The highest BCUT2D eigenvalue weighted by molar-refractivity contribution is 5.93. The number of anilines is 1. The Kier molecular flexibility index (Phi) is 3.72. The zero-order chi connectivity index (χ0) is 15.7. The number of nitrogen functional groups attached to an aromatic ring is 1. The summed E-state index contributed by atoms with van der Waals surface area (Å²) >= 11 is 0. The summed E-state index contributed by atoms with van der Waals surface area (Å²) in [6.07, 6.45) is 0.827. The lowest BCUT2D eigenvalue weighted by atomic mass is 10.0. The van der Waals surface area contributed by atoms with Crippen molar-refractivity contribution >= 4 is 11.6 Å². The molecule has 2 heterocycles. The monoisotopic (exact) mass is 301 g/mol. The molecule has 0 bridgehead atoms. The zero-order valence-electron chi connectivity index (χ0n) is 12.7. The fourth-order valence-corrected chi connectivity index (χ4v) is 2.87. The Hall–Kier alpha value is -2.54. The van der Waals surface area contributed by atoms with Crippen molar-refractivity contribution < 1.29 is 9.53 Å². The van der Waals surface area contributed by atoms with Crippen LogP contribution in [0.1, 0.15) is 21.7 Å². The Bertz CT molecular complexity index is 710. The van der Waals surface area contributed by atoms with Crippen LogP contribution in [0.2, 0.25) is 0 Å². The fourth-order valence-electron chi connectivity index (χ4n) is 2.87. The van der Waals surface area contributed by atoms with E-state index in [9.17, 15) is 4.79 Å². The quantitative estimate of drug-likeness (QED) is 0.492. The van der Waals surface area contributed by atoms with E-state index in [1.807, 2.05) is 31.3 Å². The zero-order valence-corrected chi connectivity index (χ0v) is 12.7. The van der Waals surface area contributed by atoms with E-state index >= 15 is 0 Å². The number of fused-ring (bicyclic) bond motifs is 1. The van der Waals surface area contributed by atoms with Gasteiger partial charge < -0.3 is 9.64 Å². The molecule has 7 heteroatoms. The number of hydrogen-bond donors (Lipinski definition) is 2. The van der Waals surface area contributed by atoms with Gasteiger partial charge in [0, 0.05) is 49.6 Å². The maximum atomic E-state index is 11.9. The minimum absolute atomic E-state index is 0.357. The number of hydrazine groups is 1. The summed E-state index contributed by atoms with van der Waals surface area (Å²) < 4.78 is 7.04. The van der Waals surface area contributed by atoms with E-state index in [0.717, 1.165) is 35.7 Å². The van der Waals surface area contributed by atoms with E-state index in [-0.39, 0.29) is 5.91 Å². The number of carbonyl (C=O) groups excluding carboxylic acids is 1. The van der Waals surface area contributed by atoms with Gasteiger partial charge in [0.2, 0.25) is 0 Å². The molecule has 2 aromatic rings. The molecule has 7 nitrogen and oxygen atoms in total. The molecule has 1 aliphatic heterocycles. The number of hydrogen-bond acceptors (Lipinski definition) is 5. The molecule has 1 amide bonds. The molecule has 3 rings (SSSR count). The van der Waals surface area contributed by atoms with Crippen molar-refractivity contribution in [3.8, 4) is 5.75 Å². The van der Waals surface area contributed by atoms with Gasteiger partial charge in [0.15, 0.2) is 5.69 Å². The highest BCUT2D eigenvalue weighted by Crippen LogP contribution is 2.28. The van der Waals surface area contributed by atoms with E-state index in [4.69, 9.17) is 10.6 Å². The topological polar surface area (TPSA) is 85.4 Å². The van der Waals surface area contributed by atoms with Gasteiger partial charge in [-0.25, -0.2) is 5.84 Å². The maximum absolute atomic E-state index is 11.9. The van der Waals surface area contributed by atoms with Gasteiger partial charge in [0.1, 0.15) is 5.75 Å². The van der Waals surface area contributed by atoms with E-state index in [2.05, 4.69) is 15.4 Å². The Morgan fingerprint density at radius 3 is 3.00 bits per heavy atom. The van der Waals surface area contributed by atoms with Crippen LogP contribution in [0, 0.1) is 0 Å². The first-order chi connectivity index (χ1) is 10.6. The molecule has 0 fully saturated rings. The van der Waals surface area contributed by atoms with Crippen molar-refractivity contribution in [3.05, 3.63) is 41.2 Å². The van der Waals surface area contributed by atoms with Gasteiger partial charge in [-0.3, -0.25) is 14.9 Å². The largest absolute Gasteiger partial charge is 0.497 e. The van der Waals surface area contributed by atoms with E-state index < -0.39 is 0 Å². The smallest absolute Gasteiger partial charge is 0.286 e. The lowest BCUT2D eigenvalue weighted by Crippen LogP contribution is -2.34. The number of rotatable bonds is 3. The van der Waals surface area contributed by atoms with Crippen LogP contribution in [-0.2, 0) is 20.0 Å². The third-order valence-corrected chi connectivity index (χ3v) is 4.01. The minimum Gasteiger partial charge on any atom is -0.497 e. The molecular formula is C15H19N5O2. The molecule has 0 radical (unpaired) electrons. The highest BCUT2D eigenvalue weighted by Gasteiger charge is 2.27. The van der Waals surface area contributed by atoms with Crippen LogP contribution >= 0.6 is 0 Å². The number of nitrogens with one attached hydrogen (secondary N) is 1. The molecule has 1 aromatic heterocycles. The summed E-state index contributed by atoms with van der Waals surface area (Å²) in [5.74, 6) is 5.71. The normalized spacial score (nSPS) is 13.7. The standard InChI is InChI=1S/C15H19N5O2/c1-19-13-6-7-20(10-4-3-5-11(8-10)22-2)9-12(13)14(18-19)15(21)17-16/h3-5,8H,6-7,9,16H2,1-2H3,(H,17,21). The van der Waals surface area contributed by atoms with Crippen molar-refractivity contribution in [1.82, 2.24) is 15.2 Å². The summed E-state index contributed by atoms with van der Waals surface area (Å²) in [5, 5.41) is 4.30. The van der Waals surface area contributed by atoms with Gasteiger partial charge in [-0.1, -0.05) is 6.07 Å². The van der Waals surface area contributed by atoms with Crippen LogP contribution in [0.15, 0.2) is 24.3 Å². The average Bonchev–Trinajstić information content (AvgIpc) is 2.90. The number of aryl methyl sites for hydroxylation is 1. The molecular weight excluding hydrogens is 282 g/mol. The minimum atomic E-state index is -0.357. The van der Waals surface area contributed by atoms with Crippen molar-refractivity contribution in [2.24, 2.45) is 12.9 Å². The SMILES string of the molecule is COc1cccc(N2CCc3c(c(C(=O)NN)nn3C)C2)c1. The Balaban J connectivity index is 1.94. The summed E-state index contributed by atoms with van der Waals surface area (Å²) in [6, 6.07) is 7.90. The second-order valence-electron chi connectivity index (χ2n) is 5.24. The molecule has 3 N–H and O–H groups in total. The first-order valence-corrected chi connectivity index (χ1v) is 7.08. The summed E-state index contributed by atoms with van der Waals surface area (Å²) in [6.45, 7) is 1.49. The summed E-state index contributed by atoms with van der Waals surface area (Å²) in [5.41, 5.74) is 5.63. The van der Waals surface area contributed by atoms with E-state index in [1.54, 1.807) is 11.8 Å². The second kappa shape index (κ2) is 5.69. The lowest BCUT2D eigenvalue weighted by molar-refractivity contribution is 0.0947. The van der Waals surface area contributed by atoms with Crippen LogP contribution in [0.4, 0.5) is 5.69 Å². The first-order valence-electron chi connectivity index (χ1n) is 7.08. The van der Waals surface area contributed by atoms with Gasteiger partial charge in [-0.2, -0.15) is 5.10 Å². The second-order valence-corrected chi connectivity index (χ2v) is 5.24. The number of aromatic nitrogens is 2. The molecule has 116 valence electrons.